The molecule has 0 radical (unpaired) electrons. The average Bonchev–Trinajstić information content (AvgIpc) is 2.99. The molecule has 3 heteroatoms. The van der Waals surface area contributed by atoms with Crippen molar-refractivity contribution in [1.29, 1.82) is 0 Å². The average molecular weight is 302 g/mol. The van der Waals surface area contributed by atoms with Crippen molar-refractivity contribution in [2.24, 2.45) is 0 Å². The van der Waals surface area contributed by atoms with Gasteiger partial charge in [-0.15, -0.1) is 0 Å². The molecule has 0 saturated carbocycles. The number of nitrogens with zero attached hydrogens (tertiary/aromatic N) is 2. The molecular weight excluding hydrogens is 287 g/mol. The highest BCUT2D eigenvalue weighted by Crippen LogP contribution is 2.27. The monoisotopic (exact) mass is 302 g/mol. The van der Waals surface area contributed by atoms with E-state index in [0.717, 1.165) is 27.7 Å². The van der Waals surface area contributed by atoms with Crippen LogP contribution in [0.4, 0.5) is 4.39 Å². The van der Waals surface area contributed by atoms with E-state index in [1.165, 1.54) is 17.7 Å². The number of pyridine rings is 1. The van der Waals surface area contributed by atoms with Crippen molar-refractivity contribution < 1.29 is 4.39 Å². The largest absolute Gasteiger partial charge is 0.315 e. The molecule has 0 amide bonds. The smallest absolute Gasteiger partial charge is 0.123 e. The molecule has 0 fully saturated rings. The summed E-state index contributed by atoms with van der Waals surface area (Å²) < 4.78 is 15.2. The van der Waals surface area contributed by atoms with Crippen molar-refractivity contribution >= 4 is 10.9 Å². The van der Waals surface area contributed by atoms with Gasteiger partial charge in [-0.1, -0.05) is 18.2 Å². The van der Waals surface area contributed by atoms with Crippen LogP contribution < -0.4 is 0 Å². The quantitative estimate of drug-likeness (QED) is 0.501. The van der Waals surface area contributed by atoms with Crippen LogP contribution in [0.15, 0.2) is 73.2 Å². The molecule has 0 atom stereocenters. The van der Waals surface area contributed by atoms with Crippen LogP contribution in [0.5, 0.6) is 0 Å². The summed E-state index contributed by atoms with van der Waals surface area (Å²) >= 11 is 0. The summed E-state index contributed by atoms with van der Waals surface area (Å²) in [7, 11) is 0. The number of hydrogen-bond acceptors (Lipinski definition) is 1. The van der Waals surface area contributed by atoms with Gasteiger partial charge in [0.2, 0.25) is 0 Å². The Morgan fingerprint density at radius 1 is 0.913 bits per heavy atom. The van der Waals surface area contributed by atoms with Crippen molar-refractivity contribution in [3.05, 3.63) is 84.6 Å². The molecule has 0 aliphatic rings. The Balaban J connectivity index is 1.83. The van der Waals surface area contributed by atoms with E-state index in [-0.39, 0.29) is 5.82 Å². The fraction of sp³-hybridized carbons (Fsp3) is 0.0500. The molecule has 0 N–H and O–H groups in total. The van der Waals surface area contributed by atoms with Gasteiger partial charge in [0, 0.05) is 17.8 Å². The molecular formula is C20H15FN2. The summed E-state index contributed by atoms with van der Waals surface area (Å²) in [6.07, 6.45) is 5.74. The summed E-state index contributed by atoms with van der Waals surface area (Å²) in [6, 6.07) is 17.0. The number of rotatable bonds is 2. The summed E-state index contributed by atoms with van der Waals surface area (Å²) in [6.45, 7) is 2.08. The van der Waals surface area contributed by atoms with Crippen LogP contribution in [0.1, 0.15) is 5.56 Å². The topological polar surface area (TPSA) is 17.8 Å². The maximum absolute atomic E-state index is 13.1. The second-order valence-corrected chi connectivity index (χ2v) is 5.63. The van der Waals surface area contributed by atoms with Crippen molar-refractivity contribution in [3.8, 4) is 16.8 Å². The molecule has 2 aromatic carbocycles. The normalized spacial score (nSPS) is 11.0. The number of halogens is 1. The van der Waals surface area contributed by atoms with Gasteiger partial charge < -0.3 is 4.57 Å². The van der Waals surface area contributed by atoms with Gasteiger partial charge in [-0.25, -0.2) is 4.39 Å². The third kappa shape index (κ3) is 2.40. The molecule has 0 bridgehead atoms. The van der Waals surface area contributed by atoms with Gasteiger partial charge in [0.1, 0.15) is 5.82 Å². The minimum Gasteiger partial charge on any atom is -0.315 e. The SMILES string of the molecule is Cc1ccncc1-n1ccc2cc(-c3ccc(F)cc3)ccc21. The zero-order chi connectivity index (χ0) is 15.8. The first kappa shape index (κ1) is 13.7. The van der Waals surface area contributed by atoms with Gasteiger partial charge in [0.15, 0.2) is 0 Å². The van der Waals surface area contributed by atoms with E-state index in [0.29, 0.717) is 0 Å². The Morgan fingerprint density at radius 2 is 1.70 bits per heavy atom. The molecule has 2 nitrogen and oxygen atoms in total. The second-order valence-electron chi connectivity index (χ2n) is 5.63. The summed E-state index contributed by atoms with van der Waals surface area (Å²) in [5.74, 6) is -0.215. The van der Waals surface area contributed by atoms with Crippen LogP contribution in [-0.4, -0.2) is 9.55 Å². The van der Waals surface area contributed by atoms with Gasteiger partial charge in [-0.3, -0.25) is 4.98 Å². The van der Waals surface area contributed by atoms with Crippen LogP contribution in [0.2, 0.25) is 0 Å². The first-order chi connectivity index (χ1) is 11.2. The number of hydrogen-bond donors (Lipinski definition) is 0. The minimum absolute atomic E-state index is 0.215. The Kier molecular flexibility index (Phi) is 3.19. The summed E-state index contributed by atoms with van der Waals surface area (Å²) in [4.78, 5) is 4.23. The lowest BCUT2D eigenvalue weighted by Crippen LogP contribution is -1.95. The van der Waals surface area contributed by atoms with E-state index < -0.39 is 0 Å². The van der Waals surface area contributed by atoms with Crippen LogP contribution in [0.3, 0.4) is 0 Å². The molecule has 0 aliphatic carbocycles. The van der Waals surface area contributed by atoms with Gasteiger partial charge in [0.25, 0.3) is 0 Å². The number of fused-ring (bicyclic) bond motifs is 1. The van der Waals surface area contributed by atoms with Crippen molar-refractivity contribution in [1.82, 2.24) is 9.55 Å². The lowest BCUT2D eigenvalue weighted by atomic mass is 10.0. The minimum atomic E-state index is -0.215. The van der Waals surface area contributed by atoms with Crippen LogP contribution >= 0.6 is 0 Å². The Morgan fingerprint density at radius 3 is 2.48 bits per heavy atom. The molecule has 4 aromatic rings. The Labute approximate surface area is 133 Å². The third-order valence-corrected chi connectivity index (χ3v) is 4.14. The van der Waals surface area contributed by atoms with Gasteiger partial charge in [-0.2, -0.15) is 0 Å². The zero-order valence-corrected chi connectivity index (χ0v) is 12.7. The maximum Gasteiger partial charge on any atom is 0.123 e. The van der Waals surface area contributed by atoms with Gasteiger partial charge in [-0.05, 0) is 60.0 Å². The number of aromatic nitrogens is 2. The first-order valence-electron chi connectivity index (χ1n) is 7.50. The molecule has 2 heterocycles. The zero-order valence-electron chi connectivity index (χ0n) is 12.7. The number of benzene rings is 2. The molecule has 0 aliphatic heterocycles. The maximum atomic E-state index is 13.1. The van der Waals surface area contributed by atoms with Crippen molar-refractivity contribution in [2.75, 3.05) is 0 Å². The first-order valence-corrected chi connectivity index (χ1v) is 7.50. The van der Waals surface area contributed by atoms with Crippen molar-refractivity contribution in [3.63, 3.8) is 0 Å². The lowest BCUT2D eigenvalue weighted by molar-refractivity contribution is 0.628. The molecule has 4 rings (SSSR count). The molecule has 0 spiro atoms. The second kappa shape index (κ2) is 5.36. The van der Waals surface area contributed by atoms with Crippen LogP contribution in [-0.2, 0) is 0 Å². The molecule has 112 valence electrons. The van der Waals surface area contributed by atoms with Crippen LogP contribution in [0, 0.1) is 12.7 Å². The Bertz CT molecular complexity index is 984. The van der Waals surface area contributed by atoms with Crippen LogP contribution in [0.25, 0.3) is 27.7 Å². The predicted molar refractivity (Wildman–Crippen MR) is 91.2 cm³/mol. The van der Waals surface area contributed by atoms with E-state index >= 15 is 0 Å². The van der Waals surface area contributed by atoms with Crippen molar-refractivity contribution in [2.45, 2.75) is 6.92 Å². The van der Waals surface area contributed by atoms with Gasteiger partial charge >= 0.3 is 0 Å². The fourth-order valence-electron chi connectivity index (χ4n) is 2.88. The van der Waals surface area contributed by atoms with E-state index in [1.54, 1.807) is 18.3 Å². The van der Waals surface area contributed by atoms with E-state index in [4.69, 9.17) is 0 Å². The lowest BCUT2D eigenvalue weighted by Gasteiger charge is -2.09. The van der Waals surface area contributed by atoms with E-state index in [9.17, 15) is 4.39 Å². The molecule has 0 saturated heterocycles. The Hall–Kier alpha value is -2.94. The highest BCUT2D eigenvalue weighted by molar-refractivity contribution is 5.87. The third-order valence-electron chi connectivity index (χ3n) is 4.14. The number of aryl methyl sites for hydroxylation is 1. The highest BCUT2D eigenvalue weighted by atomic mass is 19.1. The summed E-state index contributed by atoms with van der Waals surface area (Å²) in [5, 5.41) is 1.15. The van der Waals surface area contributed by atoms with E-state index in [1.807, 2.05) is 12.3 Å². The molecule has 23 heavy (non-hydrogen) atoms. The molecule has 2 aromatic heterocycles. The van der Waals surface area contributed by atoms with E-state index in [2.05, 4.69) is 46.9 Å². The summed E-state index contributed by atoms with van der Waals surface area (Å²) in [5.41, 5.74) is 5.49. The fourth-order valence-corrected chi connectivity index (χ4v) is 2.88. The standard InChI is InChI=1S/C20H15FN2/c1-14-8-10-22-13-20(14)23-11-9-17-12-16(4-7-19(17)23)15-2-5-18(21)6-3-15/h2-13H,1H3. The van der Waals surface area contributed by atoms with Gasteiger partial charge in [0.05, 0.1) is 17.4 Å². The predicted octanol–water partition coefficient (Wildman–Crippen LogP) is 5.14. The molecule has 0 unspecified atom stereocenters. The highest BCUT2D eigenvalue weighted by Gasteiger charge is 2.07.